The van der Waals surface area contributed by atoms with Crippen LogP contribution in [0.15, 0.2) is 18.2 Å². The molecule has 0 spiro atoms. The zero-order valence-corrected chi connectivity index (χ0v) is 14.4. The van der Waals surface area contributed by atoms with Gasteiger partial charge in [-0.25, -0.2) is 4.79 Å². The highest BCUT2D eigenvalue weighted by molar-refractivity contribution is 6.32. The second kappa shape index (κ2) is 8.59. The summed E-state index contributed by atoms with van der Waals surface area (Å²) in [7, 11) is 0. The zero-order valence-electron chi connectivity index (χ0n) is 13.7. The minimum Gasteiger partial charge on any atom is -0.480 e. The van der Waals surface area contributed by atoms with Crippen LogP contribution < -0.4 is 10.1 Å². The molecule has 0 atom stereocenters. The molecule has 1 aromatic rings. The Morgan fingerprint density at radius 1 is 1.31 bits per heavy atom. The number of benzene rings is 1. The standard InChI is InChI=1S/C16H18ClF3N2O4/c17-12-7-11(1-2-13(12)26-8-14(23)24)21-15(25)10-3-5-22(6-4-10)9-16(18,19)20/h1-2,7,10H,3-6,8-9H2,(H,21,25)(H,23,24). The summed E-state index contributed by atoms with van der Waals surface area (Å²) in [4.78, 5) is 24.0. The van der Waals surface area contributed by atoms with Gasteiger partial charge >= 0.3 is 12.1 Å². The van der Waals surface area contributed by atoms with Crippen molar-refractivity contribution in [1.82, 2.24) is 4.90 Å². The normalized spacial score (nSPS) is 16.3. The number of ether oxygens (including phenoxy) is 1. The van der Waals surface area contributed by atoms with E-state index >= 15 is 0 Å². The Labute approximate surface area is 152 Å². The molecule has 144 valence electrons. The lowest BCUT2D eigenvalue weighted by atomic mass is 9.96. The van der Waals surface area contributed by atoms with Gasteiger partial charge in [0, 0.05) is 11.6 Å². The topological polar surface area (TPSA) is 78.9 Å². The van der Waals surface area contributed by atoms with Gasteiger partial charge in [0.1, 0.15) is 5.75 Å². The average molecular weight is 395 g/mol. The van der Waals surface area contributed by atoms with Crippen LogP contribution in [0.25, 0.3) is 0 Å². The fraction of sp³-hybridized carbons (Fsp3) is 0.500. The number of carboxylic acid groups (broad SMARTS) is 1. The third kappa shape index (κ3) is 6.38. The van der Waals surface area contributed by atoms with E-state index in [2.05, 4.69) is 5.32 Å². The van der Waals surface area contributed by atoms with Crippen molar-refractivity contribution in [3.05, 3.63) is 23.2 Å². The van der Waals surface area contributed by atoms with Gasteiger partial charge in [0.2, 0.25) is 5.91 Å². The number of likely N-dealkylation sites (tertiary alicyclic amines) is 1. The molecular weight excluding hydrogens is 377 g/mol. The molecule has 0 bridgehead atoms. The van der Waals surface area contributed by atoms with E-state index < -0.39 is 25.3 Å². The molecule has 0 aliphatic carbocycles. The van der Waals surface area contributed by atoms with E-state index in [9.17, 15) is 22.8 Å². The van der Waals surface area contributed by atoms with E-state index in [1.807, 2.05) is 0 Å². The summed E-state index contributed by atoms with van der Waals surface area (Å²) >= 11 is 5.98. The molecule has 0 unspecified atom stereocenters. The molecule has 0 saturated carbocycles. The molecular formula is C16H18ClF3N2O4. The third-order valence-corrected chi connectivity index (χ3v) is 4.21. The lowest BCUT2D eigenvalue weighted by molar-refractivity contribution is -0.149. The van der Waals surface area contributed by atoms with Crippen LogP contribution in [-0.2, 0) is 9.59 Å². The Balaban J connectivity index is 1.86. The van der Waals surface area contributed by atoms with Crippen LogP contribution in [0.5, 0.6) is 5.75 Å². The lowest BCUT2D eigenvalue weighted by Gasteiger charge is -2.31. The van der Waals surface area contributed by atoms with Crippen molar-refractivity contribution in [2.75, 3.05) is 31.6 Å². The minimum absolute atomic E-state index is 0.143. The molecule has 0 aromatic heterocycles. The van der Waals surface area contributed by atoms with Crippen LogP contribution >= 0.6 is 11.6 Å². The van der Waals surface area contributed by atoms with Crippen LogP contribution in [0.1, 0.15) is 12.8 Å². The minimum atomic E-state index is -4.24. The molecule has 2 rings (SSSR count). The summed E-state index contributed by atoms with van der Waals surface area (Å²) in [6.07, 6.45) is -3.55. The number of amides is 1. The highest BCUT2D eigenvalue weighted by Crippen LogP contribution is 2.29. The molecule has 1 aromatic carbocycles. The van der Waals surface area contributed by atoms with Gasteiger partial charge in [0.25, 0.3) is 0 Å². The molecule has 26 heavy (non-hydrogen) atoms. The number of nitrogens with zero attached hydrogens (tertiary/aromatic N) is 1. The summed E-state index contributed by atoms with van der Waals surface area (Å²) in [6.45, 7) is -1.09. The first-order chi connectivity index (χ1) is 12.1. The fourth-order valence-electron chi connectivity index (χ4n) is 2.69. The van der Waals surface area contributed by atoms with Gasteiger partial charge in [0.15, 0.2) is 6.61 Å². The number of halogens is 4. The van der Waals surface area contributed by atoms with Crippen molar-refractivity contribution in [2.24, 2.45) is 5.92 Å². The quantitative estimate of drug-likeness (QED) is 0.775. The second-order valence-electron chi connectivity index (χ2n) is 5.98. The number of anilines is 1. The van der Waals surface area contributed by atoms with Crippen LogP contribution in [-0.4, -0.2) is 54.3 Å². The Kier molecular flexibility index (Phi) is 6.71. The monoisotopic (exact) mass is 394 g/mol. The maximum atomic E-state index is 12.4. The molecule has 1 saturated heterocycles. The number of nitrogens with one attached hydrogen (secondary N) is 1. The first-order valence-electron chi connectivity index (χ1n) is 7.88. The van der Waals surface area contributed by atoms with Gasteiger partial charge in [-0.2, -0.15) is 13.2 Å². The third-order valence-electron chi connectivity index (χ3n) is 3.91. The van der Waals surface area contributed by atoms with E-state index in [0.717, 1.165) is 0 Å². The molecule has 0 radical (unpaired) electrons. The van der Waals surface area contributed by atoms with Crippen molar-refractivity contribution in [3.63, 3.8) is 0 Å². The van der Waals surface area contributed by atoms with Crippen molar-refractivity contribution >= 4 is 29.2 Å². The highest BCUT2D eigenvalue weighted by atomic mass is 35.5. The van der Waals surface area contributed by atoms with E-state index in [1.54, 1.807) is 0 Å². The van der Waals surface area contributed by atoms with Crippen LogP contribution in [0.3, 0.4) is 0 Å². The van der Waals surface area contributed by atoms with Crippen molar-refractivity contribution in [1.29, 1.82) is 0 Å². The molecule has 1 aliphatic heterocycles. The molecule has 1 fully saturated rings. The zero-order chi connectivity index (χ0) is 19.3. The van der Waals surface area contributed by atoms with Gasteiger partial charge in [-0.3, -0.25) is 9.69 Å². The molecule has 6 nitrogen and oxygen atoms in total. The van der Waals surface area contributed by atoms with E-state index in [4.69, 9.17) is 21.4 Å². The largest absolute Gasteiger partial charge is 0.480 e. The van der Waals surface area contributed by atoms with E-state index in [0.29, 0.717) is 18.5 Å². The number of hydrogen-bond donors (Lipinski definition) is 2. The summed E-state index contributed by atoms with van der Waals surface area (Å²) < 4.78 is 42.1. The molecule has 1 heterocycles. The number of rotatable bonds is 6. The van der Waals surface area contributed by atoms with E-state index in [1.165, 1.54) is 23.1 Å². The number of hydrogen-bond acceptors (Lipinski definition) is 4. The maximum Gasteiger partial charge on any atom is 0.401 e. The Morgan fingerprint density at radius 2 is 1.96 bits per heavy atom. The Hall–Kier alpha value is -2.00. The van der Waals surface area contributed by atoms with Gasteiger partial charge in [-0.15, -0.1) is 0 Å². The lowest BCUT2D eigenvalue weighted by Crippen LogP contribution is -2.42. The predicted molar refractivity (Wildman–Crippen MR) is 88.4 cm³/mol. The molecule has 1 aliphatic rings. The summed E-state index contributed by atoms with van der Waals surface area (Å²) in [6, 6.07) is 4.38. The summed E-state index contributed by atoms with van der Waals surface area (Å²) in [5.41, 5.74) is 0.403. The molecule has 1 amide bonds. The second-order valence-corrected chi connectivity index (χ2v) is 6.39. The average Bonchev–Trinajstić information content (AvgIpc) is 2.53. The van der Waals surface area contributed by atoms with Gasteiger partial charge in [0.05, 0.1) is 11.6 Å². The number of carboxylic acids is 1. The van der Waals surface area contributed by atoms with Crippen LogP contribution in [0.4, 0.5) is 18.9 Å². The van der Waals surface area contributed by atoms with Crippen LogP contribution in [0, 0.1) is 5.92 Å². The van der Waals surface area contributed by atoms with Gasteiger partial charge < -0.3 is 15.2 Å². The van der Waals surface area contributed by atoms with Gasteiger partial charge in [-0.05, 0) is 44.1 Å². The first kappa shape index (κ1) is 20.3. The molecule has 10 heteroatoms. The maximum absolute atomic E-state index is 12.4. The number of piperidine rings is 1. The van der Waals surface area contributed by atoms with E-state index in [-0.39, 0.29) is 35.7 Å². The number of carbonyl (C=O) groups is 2. The Bertz CT molecular complexity index is 661. The fourth-order valence-corrected chi connectivity index (χ4v) is 2.92. The van der Waals surface area contributed by atoms with Crippen molar-refractivity contribution < 1.29 is 32.6 Å². The van der Waals surface area contributed by atoms with Crippen molar-refractivity contribution in [3.8, 4) is 5.75 Å². The predicted octanol–water partition coefficient (Wildman–Crippen LogP) is 3.02. The van der Waals surface area contributed by atoms with Crippen LogP contribution in [0.2, 0.25) is 5.02 Å². The number of alkyl halides is 3. The highest BCUT2D eigenvalue weighted by Gasteiger charge is 2.33. The SMILES string of the molecule is O=C(O)COc1ccc(NC(=O)C2CCN(CC(F)(F)F)CC2)cc1Cl. The van der Waals surface area contributed by atoms with Gasteiger partial charge in [-0.1, -0.05) is 11.6 Å². The Morgan fingerprint density at radius 3 is 2.50 bits per heavy atom. The molecule has 2 N–H and O–H groups in total. The number of aliphatic carboxylic acids is 1. The summed E-state index contributed by atoms with van der Waals surface area (Å²) in [5.74, 6) is -1.63. The first-order valence-corrected chi connectivity index (χ1v) is 8.26. The smallest absolute Gasteiger partial charge is 0.401 e. The summed E-state index contributed by atoms with van der Waals surface area (Å²) in [5, 5.41) is 11.4. The van der Waals surface area contributed by atoms with Crippen molar-refractivity contribution in [2.45, 2.75) is 19.0 Å². The number of carbonyl (C=O) groups excluding carboxylic acids is 1.